The normalized spacial score (nSPS) is 11.0. The Morgan fingerprint density at radius 1 is 1.19 bits per heavy atom. The van der Waals surface area contributed by atoms with E-state index in [2.05, 4.69) is 11.1 Å². The van der Waals surface area contributed by atoms with Crippen LogP contribution in [0.4, 0.5) is 0 Å². The molecule has 0 spiro atoms. The zero-order valence-corrected chi connectivity index (χ0v) is 13.4. The van der Waals surface area contributed by atoms with Gasteiger partial charge >= 0.3 is 0 Å². The van der Waals surface area contributed by atoms with Gasteiger partial charge in [0.25, 0.3) is 5.11 Å². The van der Waals surface area contributed by atoms with Gasteiger partial charge < -0.3 is 15.6 Å². The molecule has 0 fully saturated rings. The number of thiocarbonyl (C=S) groups is 1. The average Bonchev–Trinajstić information content (AvgIpc) is 2.47. The Balaban J connectivity index is 0.000000211. The topological polar surface area (TPSA) is 79.8 Å². The third-order valence-electron chi connectivity index (χ3n) is 2.55. The SMILES string of the molecule is Cc1ccc(S(=O)[O-])cc1.[NH3+]C(=S)NCc1ccccc1. The van der Waals surface area contributed by atoms with Crippen molar-refractivity contribution in [1.29, 1.82) is 0 Å². The molecule has 4 nitrogen and oxygen atoms in total. The third kappa shape index (κ3) is 7.67. The summed E-state index contributed by atoms with van der Waals surface area (Å²) in [6.07, 6.45) is 0. The molecule has 2 rings (SSSR count). The van der Waals surface area contributed by atoms with E-state index in [4.69, 9.17) is 12.2 Å². The van der Waals surface area contributed by atoms with Gasteiger partial charge in [-0.1, -0.05) is 48.0 Å². The van der Waals surface area contributed by atoms with Gasteiger partial charge in [-0.05, 0) is 35.7 Å². The van der Waals surface area contributed by atoms with E-state index in [1.54, 1.807) is 24.3 Å². The van der Waals surface area contributed by atoms with Gasteiger partial charge in [0.05, 0.1) is 0 Å². The Hall–Kier alpha value is -1.60. The molecule has 21 heavy (non-hydrogen) atoms. The molecule has 0 saturated carbocycles. The molecule has 2 aromatic carbocycles. The molecule has 0 saturated heterocycles. The summed E-state index contributed by atoms with van der Waals surface area (Å²) >= 11 is 2.69. The Morgan fingerprint density at radius 3 is 2.24 bits per heavy atom. The number of hydrogen-bond donors (Lipinski definition) is 2. The van der Waals surface area contributed by atoms with E-state index in [-0.39, 0.29) is 0 Å². The molecule has 4 N–H and O–H groups in total. The zero-order chi connectivity index (χ0) is 15.7. The van der Waals surface area contributed by atoms with Crippen LogP contribution in [0.3, 0.4) is 0 Å². The van der Waals surface area contributed by atoms with Crippen molar-refractivity contribution in [1.82, 2.24) is 5.32 Å². The van der Waals surface area contributed by atoms with E-state index in [1.165, 1.54) is 5.56 Å². The van der Waals surface area contributed by atoms with Crippen LogP contribution < -0.4 is 11.1 Å². The van der Waals surface area contributed by atoms with Crippen molar-refractivity contribution in [3.63, 3.8) is 0 Å². The van der Waals surface area contributed by atoms with Crippen molar-refractivity contribution in [3.8, 4) is 0 Å². The maximum absolute atomic E-state index is 10.3. The van der Waals surface area contributed by atoms with E-state index in [9.17, 15) is 8.76 Å². The summed E-state index contributed by atoms with van der Waals surface area (Å²) in [5, 5.41) is 3.57. The molecule has 1 unspecified atom stereocenters. The quantitative estimate of drug-likeness (QED) is 0.663. The number of hydrogen-bond acceptors (Lipinski definition) is 3. The molecule has 0 aliphatic rings. The molecular formula is C15H18N2O2S2. The molecule has 0 aliphatic heterocycles. The summed E-state index contributed by atoms with van der Waals surface area (Å²) in [6.45, 7) is 2.68. The van der Waals surface area contributed by atoms with Gasteiger partial charge in [-0.2, -0.15) is 0 Å². The van der Waals surface area contributed by atoms with Gasteiger partial charge in [-0.25, -0.2) is 0 Å². The lowest BCUT2D eigenvalue weighted by Gasteiger charge is -2.03. The first-order valence-electron chi connectivity index (χ1n) is 6.28. The Morgan fingerprint density at radius 2 is 1.76 bits per heavy atom. The first-order chi connectivity index (χ1) is 9.99. The van der Waals surface area contributed by atoms with Crippen LogP contribution >= 0.6 is 12.2 Å². The van der Waals surface area contributed by atoms with Crippen molar-refractivity contribution in [2.75, 3.05) is 0 Å². The second-order valence-electron chi connectivity index (χ2n) is 4.31. The monoisotopic (exact) mass is 322 g/mol. The molecule has 0 radical (unpaired) electrons. The second kappa shape index (κ2) is 9.36. The molecule has 2 aromatic rings. The smallest absolute Gasteiger partial charge is 0.265 e. The Kier molecular flexibility index (Phi) is 7.78. The first-order valence-corrected chi connectivity index (χ1v) is 7.77. The van der Waals surface area contributed by atoms with Crippen LogP contribution in [0.1, 0.15) is 11.1 Å². The number of aryl methyl sites for hydroxylation is 1. The molecule has 0 heterocycles. The van der Waals surface area contributed by atoms with E-state index >= 15 is 0 Å². The van der Waals surface area contributed by atoms with Crippen molar-refractivity contribution in [3.05, 3.63) is 65.7 Å². The molecule has 0 aromatic heterocycles. The van der Waals surface area contributed by atoms with Gasteiger partial charge in [0.1, 0.15) is 0 Å². The lowest BCUT2D eigenvalue weighted by Crippen LogP contribution is -2.62. The standard InChI is InChI=1S/C8H10N2S.C7H8O2S/c9-8(11)10-6-7-4-2-1-3-5-7;1-6-2-4-7(5-3-6)10(8)9/h1-5H,6H2,(H3,9,10,11);2-5H,1H3,(H,8,9). The van der Waals surface area contributed by atoms with E-state index < -0.39 is 11.1 Å². The van der Waals surface area contributed by atoms with E-state index in [0.717, 1.165) is 12.1 Å². The van der Waals surface area contributed by atoms with Crippen LogP contribution in [0.5, 0.6) is 0 Å². The van der Waals surface area contributed by atoms with Crippen LogP contribution in [0.2, 0.25) is 0 Å². The lowest BCUT2D eigenvalue weighted by molar-refractivity contribution is -0.215. The minimum Gasteiger partial charge on any atom is -0.768 e. The number of quaternary nitrogens is 1. The highest BCUT2D eigenvalue weighted by Gasteiger charge is 1.91. The summed E-state index contributed by atoms with van der Waals surface area (Å²) in [5.74, 6) is 0. The second-order valence-corrected chi connectivity index (χ2v) is 5.74. The highest BCUT2D eigenvalue weighted by atomic mass is 32.2. The van der Waals surface area contributed by atoms with E-state index in [1.807, 2.05) is 37.3 Å². The summed E-state index contributed by atoms with van der Waals surface area (Å²) in [6, 6.07) is 16.8. The predicted octanol–water partition coefficient (Wildman–Crippen LogP) is 1.54. The van der Waals surface area contributed by atoms with Crippen LogP contribution in [0.25, 0.3) is 0 Å². The van der Waals surface area contributed by atoms with E-state index in [0.29, 0.717) is 10.0 Å². The van der Waals surface area contributed by atoms with Crippen molar-refractivity contribution in [2.24, 2.45) is 0 Å². The van der Waals surface area contributed by atoms with Gasteiger partial charge in [-0.15, -0.1) is 0 Å². The summed E-state index contributed by atoms with van der Waals surface area (Å²) in [7, 11) is 0. The molecule has 0 aliphatic carbocycles. The summed E-state index contributed by atoms with van der Waals surface area (Å²) < 4.78 is 20.6. The fourth-order valence-electron chi connectivity index (χ4n) is 1.45. The van der Waals surface area contributed by atoms with Gasteiger partial charge in [-0.3, -0.25) is 4.21 Å². The van der Waals surface area contributed by atoms with Crippen molar-refractivity contribution in [2.45, 2.75) is 18.4 Å². The van der Waals surface area contributed by atoms with Crippen LogP contribution in [0, 0.1) is 6.92 Å². The summed E-state index contributed by atoms with van der Waals surface area (Å²) in [5.41, 5.74) is 5.86. The number of rotatable bonds is 3. The third-order valence-corrected chi connectivity index (χ3v) is 3.35. The molecule has 6 heteroatoms. The highest BCUT2D eigenvalue weighted by molar-refractivity contribution is 7.79. The van der Waals surface area contributed by atoms with Gasteiger partial charge in [0.15, 0.2) is 0 Å². The fourth-order valence-corrected chi connectivity index (χ4v) is 1.88. The maximum atomic E-state index is 10.3. The maximum Gasteiger partial charge on any atom is 0.265 e. The predicted molar refractivity (Wildman–Crippen MR) is 87.1 cm³/mol. The zero-order valence-electron chi connectivity index (χ0n) is 11.7. The van der Waals surface area contributed by atoms with Crippen LogP contribution in [-0.4, -0.2) is 13.9 Å². The Bertz CT molecular complexity index is 586. The summed E-state index contributed by atoms with van der Waals surface area (Å²) in [4.78, 5) is 0.339. The van der Waals surface area contributed by atoms with Crippen molar-refractivity contribution < 1.29 is 14.5 Å². The molecule has 1 atom stereocenters. The molecular weight excluding hydrogens is 304 g/mol. The molecule has 112 valence electrons. The lowest BCUT2D eigenvalue weighted by atomic mass is 10.2. The van der Waals surface area contributed by atoms with Crippen molar-refractivity contribution >= 4 is 28.4 Å². The average molecular weight is 322 g/mol. The number of nitrogens with one attached hydrogen (secondary N) is 1. The largest absolute Gasteiger partial charge is 0.768 e. The van der Waals surface area contributed by atoms with Crippen LogP contribution in [-0.2, 0) is 17.6 Å². The Labute approximate surface area is 132 Å². The van der Waals surface area contributed by atoms with Gasteiger partial charge in [0.2, 0.25) is 0 Å². The van der Waals surface area contributed by atoms with Gasteiger partial charge in [0, 0.05) is 23.7 Å². The molecule has 0 amide bonds. The minimum absolute atomic E-state index is 0.339. The number of benzene rings is 2. The van der Waals surface area contributed by atoms with Crippen LogP contribution in [0.15, 0.2) is 59.5 Å². The first kappa shape index (κ1) is 17.5. The molecule has 0 bridgehead atoms. The fraction of sp³-hybridized carbons (Fsp3) is 0.133. The highest BCUT2D eigenvalue weighted by Crippen LogP contribution is 2.05. The minimum atomic E-state index is -2.09.